The first-order chi connectivity index (χ1) is 20.2. The summed E-state index contributed by atoms with van der Waals surface area (Å²) in [5.41, 5.74) is 5.57. The van der Waals surface area contributed by atoms with E-state index in [9.17, 15) is 13.2 Å². The Morgan fingerprint density at radius 2 is 1.36 bits per heavy atom. The van der Waals surface area contributed by atoms with Crippen molar-refractivity contribution in [3.05, 3.63) is 166 Å². The van der Waals surface area contributed by atoms with Gasteiger partial charge in [0.05, 0.1) is 23.2 Å². The van der Waals surface area contributed by atoms with Crippen LogP contribution in [0.2, 0.25) is 5.02 Å². The highest BCUT2D eigenvalue weighted by molar-refractivity contribution is 7.92. The monoisotopic (exact) mass is 594 g/mol. The molecule has 212 valence electrons. The van der Waals surface area contributed by atoms with Crippen LogP contribution in [-0.4, -0.2) is 14.3 Å². The van der Waals surface area contributed by atoms with E-state index in [4.69, 9.17) is 11.6 Å². The number of rotatable bonds is 9. The van der Waals surface area contributed by atoms with Crippen molar-refractivity contribution in [2.75, 3.05) is 4.31 Å². The van der Waals surface area contributed by atoms with Gasteiger partial charge < -0.3 is 5.32 Å². The second-order valence-electron chi connectivity index (χ2n) is 10.2. The van der Waals surface area contributed by atoms with Crippen molar-refractivity contribution in [2.45, 2.75) is 31.3 Å². The van der Waals surface area contributed by atoms with Gasteiger partial charge in [-0.3, -0.25) is 9.10 Å². The van der Waals surface area contributed by atoms with Crippen molar-refractivity contribution in [3.63, 3.8) is 0 Å². The summed E-state index contributed by atoms with van der Waals surface area (Å²) in [6, 6.07) is 38.2. The van der Waals surface area contributed by atoms with Gasteiger partial charge in [0.25, 0.3) is 15.9 Å². The van der Waals surface area contributed by atoms with Crippen LogP contribution in [0.4, 0.5) is 5.69 Å². The molecule has 0 aliphatic carbocycles. The number of hydrogen-bond donors (Lipinski definition) is 1. The molecule has 5 aromatic carbocycles. The summed E-state index contributed by atoms with van der Waals surface area (Å²) >= 11 is 6.29. The summed E-state index contributed by atoms with van der Waals surface area (Å²) < 4.78 is 29.0. The predicted molar refractivity (Wildman–Crippen MR) is 169 cm³/mol. The number of halogens is 1. The van der Waals surface area contributed by atoms with Crippen LogP contribution in [0.1, 0.15) is 44.2 Å². The molecule has 5 aromatic rings. The summed E-state index contributed by atoms with van der Waals surface area (Å²) in [5.74, 6) is -0.226. The number of nitrogens with zero attached hydrogens (tertiary/aromatic N) is 1. The molecule has 5 nitrogen and oxygen atoms in total. The number of aryl methyl sites for hydroxylation is 2. The van der Waals surface area contributed by atoms with Gasteiger partial charge in [0, 0.05) is 10.6 Å². The summed E-state index contributed by atoms with van der Waals surface area (Å²) in [6.45, 7) is 3.95. The zero-order chi connectivity index (χ0) is 29.7. The first kappa shape index (κ1) is 29.1. The summed E-state index contributed by atoms with van der Waals surface area (Å²) in [6.07, 6.45) is 0. The Morgan fingerprint density at radius 3 is 2.00 bits per heavy atom. The smallest absolute Gasteiger partial charge is 0.264 e. The molecule has 1 unspecified atom stereocenters. The average molecular weight is 595 g/mol. The molecule has 0 heterocycles. The van der Waals surface area contributed by atoms with Crippen molar-refractivity contribution in [3.8, 4) is 0 Å². The number of anilines is 1. The normalized spacial score (nSPS) is 12.0. The van der Waals surface area contributed by atoms with E-state index in [-0.39, 0.29) is 23.4 Å². The minimum Gasteiger partial charge on any atom is -0.341 e. The molecule has 0 saturated carbocycles. The van der Waals surface area contributed by atoms with Gasteiger partial charge in [-0.25, -0.2) is 8.42 Å². The predicted octanol–water partition coefficient (Wildman–Crippen LogP) is 7.87. The van der Waals surface area contributed by atoms with Crippen LogP contribution in [0, 0.1) is 13.8 Å². The van der Waals surface area contributed by atoms with E-state index >= 15 is 0 Å². The Bertz CT molecular complexity index is 1770. The minimum atomic E-state index is -3.90. The summed E-state index contributed by atoms with van der Waals surface area (Å²) in [5, 5.41) is 3.61. The van der Waals surface area contributed by atoms with Crippen molar-refractivity contribution >= 4 is 33.2 Å². The third kappa shape index (κ3) is 6.56. The Labute approximate surface area is 252 Å². The van der Waals surface area contributed by atoms with E-state index in [1.54, 1.807) is 72.8 Å². The van der Waals surface area contributed by atoms with Crippen molar-refractivity contribution in [1.82, 2.24) is 5.32 Å². The van der Waals surface area contributed by atoms with Crippen LogP contribution < -0.4 is 9.62 Å². The maximum Gasteiger partial charge on any atom is 0.264 e. The molecular formula is C35H31ClN2O3S. The van der Waals surface area contributed by atoms with E-state index in [1.165, 1.54) is 4.31 Å². The Morgan fingerprint density at radius 1 is 0.762 bits per heavy atom. The van der Waals surface area contributed by atoms with Gasteiger partial charge in [0.1, 0.15) is 0 Å². The molecule has 42 heavy (non-hydrogen) atoms. The highest BCUT2D eigenvalue weighted by Gasteiger charge is 2.27. The third-order valence-corrected chi connectivity index (χ3v) is 9.14. The first-order valence-corrected chi connectivity index (χ1v) is 15.4. The number of benzene rings is 5. The average Bonchev–Trinajstić information content (AvgIpc) is 3.01. The van der Waals surface area contributed by atoms with Gasteiger partial charge in [-0.1, -0.05) is 108 Å². The van der Waals surface area contributed by atoms with Crippen LogP contribution in [0.3, 0.4) is 0 Å². The van der Waals surface area contributed by atoms with Crippen LogP contribution in [0.25, 0.3) is 0 Å². The number of sulfonamides is 1. The van der Waals surface area contributed by atoms with Crippen molar-refractivity contribution in [2.24, 2.45) is 0 Å². The molecule has 1 amide bonds. The highest BCUT2D eigenvalue weighted by Crippen LogP contribution is 2.31. The van der Waals surface area contributed by atoms with E-state index in [0.717, 1.165) is 27.8 Å². The second-order valence-corrected chi connectivity index (χ2v) is 12.5. The lowest BCUT2D eigenvalue weighted by atomic mass is 9.97. The number of nitrogens with one attached hydrogen (secondary N) is 1. The van der Waals surface area contributed by atoms with E-state index in [2.05, 4.69) is 5.32 Å². The van der Waals surface area contributed by atoms with Crippen molar-refractivity contribution < 1.29 is 13.2 Å². The third-order valence-electron chi connectivity index (χ3n) is 7.13. The maximum atomic E-state index is 13.8. The highest BCUT2D eigenvalue weighted by atomic mass is 35.5. The number of carbonyl (C=O) groups excluding carboxylic acids is 1. The molecule has 0 aliphatic heterocycles. The van der Waals surface area contributed by atoms with Crippen LogP contribution in [0.5, 0.6) is 0 Å². The molecule has 0 aliphatic rings. The van der Waals surface area contributed by atoms with Crippen molar-refractivity contribution in [1.29, 1.82) is 0 Å². The number of amides is 1. The van der Waals surface area contributed by atoms with Crippen LogP contribution in [0.15, 0.2) is 132 Å². The molecule has 1 atom stereocenters. The fraction of sp³-hybridized carbons (Fsp3) is 0.114. The van der Waals surface area contributed by atoms with E-state index in [1.807, 2.05) is 68.4 Å². The molecule has 0 fully saturated rings. The Balaban J connectivity index is 1.42. The molecule has 0 spiro atoms. The van der Waals surface area contributed by atoms with E-state index in [0.29, 0.717) is 16.3 Å². The Hall–Kier alpha value is -4.39. The lowest BCUT2D eigenvalue weighted by molar-refractivity contribution is 0.0943. The largest absolute Gasteiger partial charge is 0.341 e. The molecule has 7 heteroatoms. The molecule has 5 rings (SSSR count). The van der Waals surface area contributed by atoms with Gasteiger partial charge in [0.15, 0.2) is 0 Å². The van der Waals surface area contributed by atoms with Gasteiger partial charge in [-0.2, -0.15) is 0 Å². The van der Waals surface area contributed by atoms with Gasteiger partial charge >= 0.3 is 0 Å². The molecule has 1 N–H and O–H groups in total. The molecule has 0 bridgehead atoms. The first-order valence-electron chi connectivity index (χ1n) is 13.6. The fourth-order valence-electron chi connectivity index (χ4n) is 4.78. The molecule has 0 aromatic heterocycles. The number of carbonyl (C=O) groups is 1. The topological polar surface area (TPSA) is 66.5 Å². The van der Waals surface area contributed by atoms with Crippen LogP contribution in [-0.2, 0) is 16.6 Å². The minimum absolute atomic E-state index is 0.0658. The van der Waals surface area contributed by atoms with Crippen LogP contribution >= 0.6 is 11.6 Å². The van der Waals surface area contributed by atoms with Gasteiger partial charge in [0.2, 0.25) is 0 Å². The zero-order valence-electron chi connectivity index (χ0n) is 23.4. The standard InChI is InChI=1S/C35H31ClN2O3S/c1-25-13-18-29(19-14-25)34(28-9-5-3-6-10-28)37-35(39)30-20-16-27(17-21-30)24-38(33-23-31(36)22-15-26(33)2)42(40,41)32-11-7-4-8-12-32/h3-23,34H,24H2,1-2H3,(H,37,39). The Kier molecular flexibility index (Phi) is 8.76. The quantitative estimate of drug-likeness (QED) is 0.189. The van der Waals surface area contributed by atoms with E-state index < -0.39 is 10.0 Å². The molecule has 0 radical (unpaired) electrons. The SMILES string of the molecule is Cc1ccc(C(NC(=O)c2ccc(CN(c3cc(Cl)ccc3C)S(=O)(=O)c3ccccc3)cc2)c2ccccc2)cc1. The fourth-order valence-corrected chi connectivity index (χ4v) is 6.47. The lowest BCUT2D eigenvalue weighted by Crippen LogP contribution is -2.31. The van der Waals surface area contributed by atoms with Gasteiger partial charge in [-0.15, -0.1) is 0 Å². The zero-order valence-corrected chi connectivity index (χ0v) is 24.9. The molecule has 0 saturated heterocycles. The second kappa shape index (κ2) is 12.6. The van der Waals surface area contributed by atoms with Gasteiger partial charge in [-0.05, 0) is 72.5 Å². The summed E-state index contributed by atoms with van der Waals surface area (Å²) in [4.78, 5) is 13.6. The maximum absolute atomic E-state index is 13.8. The lowest BCUT2D eigenvalue weighted by Gasteiger charge is -2.26. The summed E-state index contributed by atoms with van der Waals surface area (Å²) in [7, 11) is -3.90. The molecular weight excluding hydrogens is 564 g/mol. The number of hydrogen-bond acceptors (Lipinski definition) is 3.